The molecular formula is C18H18FN5O. The molecule has 0 aliphatic rings. The molecule has 2 aromatic heterocycles. The quantitative estimate of drug-likeness (QED) is 0.762. The van der Waals surface area contributed by atoms with E-state index in [1.807, 2.05) is 6.92 Å². The van der Waals surface area contributed by atoms with Crippen molar-refractivity contribution >= 4 is 22.4 Å². The fourth-order valence-electron chi connectivity index (χ4n) is 2.62. The summed E-state index contributed by atoms with van der Waals surface area (Å²) < 4.78 is 14.2. The van der Waals surface area contributed by atoms with E-state index in [1.165, 1.54) is 6.20 Å². The van der Waals surface area contributed by atoms with Crippen LogP contribution in [0.1, 0.15) is 29.7 Å². The van der Waals surface area contributed by atoms with Crippen LogP contribution in [0.3, 0.4) is 0 Å². The second kappa shape index (κ2) is 6.80. The number of nitrogens with two attached hydrogens (primary N) is 1. The van der Waals surface area contributed by atoms with Gasteiger partial charge in [0.05, 0.1) is 11.9 Å². The lowest BCUT2D eigenvalue weighted by Crippen LogP contribution is -2.26. The molecule has 0 fully saturated rings. The van der Waals surface area contributed by atoms with Gasteiger partial charge in [0.2, 0.25) is 0 Å². The Morgan fingerprint density at radius 3 is 2.80 bits per heavy atom. The van der Waals surface area contributed by atoms with E-state index in [1.54, 1.807) is 25.1 Å². The minimum Gasteiger partial charge on any atom is -0.396 e. The second-order valence-corrected chi connectivity index (χ2v) is 5.66. The molecule has 7 heteroatoms. The Balaban J connectivity index is 2.16. The summed E-state index contributed by atoms with van der Waals surface area (Å²) in [5.41, 5.74) is 7.32. The van der Waals surface area contributed by atoms with Crippen LogP contribution in [0.4, 0.5) is 10.1 Å². The molecule has 2 heterocycles. The number of nitrogens with one attached hydrogen (secondary N) is 1. The second-order valence-electron chi connectivity index (χ2n) is 5.66. The van der Waals surface area contributed by atoms with Crippen molar-refractivity contribution in [3.63, 3.8) is 0 Å². The molecular weight excluding hydrogens is 321 g/mol. The highest BCUT2D eigenvalue weighted by Crippen LogP contribution is 2.32. The van der Waals surface area contributed by atoms with Gasteiger partial charge in [-0.2, -0.15) is 0 Å². The van der Waals surface area contributed by atoms with Gasteiger partial charge in [-0.05, 0) is 13.3 Å². The fraction of sp³-hybridized carbons (Fsp3) is 0.222. The molecule has 128 valence electrons. The molecule has 1 amide bonds. The van der Waals surface area contributed by atoms with Crippen LogP contribution in [0.15, 0.2) is 30.6 Å². The molecule has 0 spiro atoms. The van der Waals surface area contributed by atoms with E-state index in [0.29, 0.717) is 28.7 Å². The first kappa shape index (κ1) is 16.8. The van der Waals surface area contributed by atoms with Crippen LogP contribution in [-0.4, -0.2) is 27.4 Å². The third-order valence-corrected chi connectivity index (χ3v) is 3.84. The number of carbonyl (C=O) groups excluding carboxylic acids is 1. The lowest BCUT2D eigenvalue weighted by molar-refractivity contribution is 0.0950. The number of amides is 1. The summed E-state index contributed by atoms with van der Waals surface area (Å²) in [7, 11) is 0. The number of aryl methyl sites for hydroxylation is 1. The third kappa shape index (κ3) is 3.13. The number of fused-ring (bicyclic) bond motifs is 1. The molecule has 0 saturated heterocycles. The zero-order valence-electron chi connectivity index (χ0n) is 14.0. The molecule has 3 aromatic rings. The largest absolute Gasteiger partial charge is 0.396 e. The van der Waals surface area contributed by atoms with E-state index >= 15 is 0 Å². The van der Waals surface area contributed by atoms with E-state index in [9.17, 15) is 9.18 Å². The fourth-order valence-corrected chi connectivity index (χ4v) is 2.62. The molecule has 0 aliphatic carbocycles. The van der Waals surface area contributed by atoms with Crippen molar-refractivity contribution in [2.75, 3.05) is 12.3 Å². The number of pyridine rings is 1. The van der Waals surface area contributed by atoms with Gasteiger partial charge < -0.3 is 11.1 Å². The van der Waals surface area contributed by atoms with Crippen molar-refractivity contribution in [2.24, 2.45) is 0 Å². The maximum absolute atomic E-state index is 14.2. The Bertz CT molecular complexity index is 958. The Hall–Kier alpha value is -3.09. The Morgan fingerprint density at radius 1 is 1.24 bits per heavy atom. The van der Waals surface area contributed by atoms with Crippen LogP contribution in [0.25, 0.3) is 22.0 Å². The first-order valence-corrected chi connectivity index (χ1v) is 7.97. The van der Waals surface area contributed by atoms with Crippen LogP contribution >= 0.6 is 0 Å². The van der Waals surface area contributed by atoms with Crippen molar-refractivity contribution in [3.05, 3.63) is 47.9 Å². The topological polar surface area (TPSA) is 93.8 Å². The van der Waals surface area contributed by atoms with Crippen molar-refractivity contribution in [1.29, 1.82) is 0 Å². The molecule has 0 bridgehead atoms. The number of benzene rings is 1. The van der Waals surface area contributed by atoms with Crippen molar-refractivity contribution in [2.45, 2.75) is 20.3 Å². The Morgan fingerprint density at radius 2 is 2.04 bits per heavy atom. The Labute approximate surface area is 144 Å². The maximum Gasteiger partial charge on any atom is 0.272 e. The van der Waals surface area contributed by atoms with Gasteiger partial charge >= 0.3 is 0 Å². The number of halogens is 1. The number of hydrogen-bond donors (Lipinski definition) is 2. The maximum atomic E-state index is 14.2. The van der Waals surface area contributed by atoms with Crippen molar-refractivity contribution < 1.29 is 9.18 Å². The highest BCUT2D eigenvalue weighted by molar-refractivity contribution is 6.08. The molecule has 6 nitrogen and oxygen atoms in total. The SMILES string of the molecule is CCCNC(=O)c1ncc2c(-c3nc(C)ncc3F)cccc2c1N. The lowest BCUT2D eigenvalue weighted by atomic mass is 10.0. The summed E-state index contributed by atoms with van der Waals surface area (Å²) in [6, 6.07) is 5.27. The molecule has 0 radical (unpaired) electrons. The molecule has 0 saturated carbocycles. The van der Waals surface area contributed by atoms with E-state index in [4.69, 9.17) is 5.73 Å². The summed E-state index contributed by atoms with van der Waals surface area (Å²) in [5, 5.41) is 4.01. The zero-order chi connectivity index (χ0) is 18.0. The van der Waals surface area contributed by atoms with E-state index < -0.39 is 5.82 Å². The van der Waals surface area contributed by atoms with Gasteiger partial charge in [-0.15, -0.1) is 0 Å². The molecule has 0 unspecified atom stereocenters. The van der Waals surface area contributed by atoms with Crippen LogP contribution in [0, 0.1) is 12.7 Å². The summed E-state index contributed by atoms with van der Waals surface area (Å²) >= 11 is 0. The molecule has 3 rings (SSSR count). The van der Waals surface area contributed by atoms with Gasteiger partial charge in [-0.3, -0.25) is 4.79 Å². The highest BCUT2D eigenvalue weighted by atomic mass is 19.1. The van der Waals surface area contributed by atoms with Crippen LogP contribution in [0.2, 0.25) is 0 Å². The minimum absolute atomic E-state index is 0.164. The number of nitrogen functional groups attached to an aromatic ring is 1. The van der Waals surface area contributed by atoms with E-state index in [2.05, 4.69) is 20.3 Å². The van der Waals surface area contributed by atoms with Gasteiger partial charge in [-0.25, -0.2) is 19.3 Å². The number of anilines is 1. The van der Waals surface area contributed by atoms with Gasteiger partial charge in [0.1, 0.15) is 11.5 Å². The van der Waals surface area contributed by atoms with Crippen LogP contribution in [0.5, 0.6) is 0 Å². The van der Waals surface area contributed by atoms with Gasteiger partial charge in [0.25, 0.3) is 5.91 Å². The monoisotopic (exact) mass is 339 g/mol. The summed E-state index contributed by atoms with van der Waals surface area (Å²) in [4.78, 5) is 24.4. The third-order valence-electron chi connectivity index (χ3n) is 3.84. The number of hydrogen-bond acceptors (Lipinski definition) is 5. The van der Waals surface area contributed by atoms with Crippen molar-refractivity contribution in [3.8, 4) is 11.3 Å². The number of rotatable bonds is 4. The standard InChI is InChI=1S/C18H18FN5O/c1-3-7-21-18(25)17-15(20)11-5-4-6-12(13(11)8-23-17)16-14(19)9-22-10(2)24-16/h4-6,8-9H,3,7,20H2,1-2H3,(H,21,25). The van der Waals surface area contributed by atoms with Crippen molar-refractivity contribution in [1.82, 2.24) is 20.3 Å². The first-order chi connectivity index (χ1) is 12.0. The average Bonchev–Trinajstić information content (AvgIpc) is 2.62. The lowest BCUT2D eigenvalue weighted by Gasteiger charge is -2.12. The molecule has 3 N–H and O–H groups in total. The highest BCUT2D eigenvalue weighted by Gasteiger charge is 2.17. The van der Waals surface area contributed by atoms with Crippen LogP contribution < -0.4 is 11.1 Å². The number of aromatic nitrogens is 3. The molecule has 1 aromatic carbocycles. The Kier molecular flexibility index (Phi) is 4.56. The summed E-state index contributed by atoms with van der Waals surface area (Å²) in [5.74, 6) is -0.387. The van der Waals surface area contributed by atoms with Gasteiger partial charge in [-0.1, -0.05) is 25.1 Å². The normalized spacial score (nSPS) is 10.8. The average molecular weight is 339 g/mol. The zero-order valence-corrected chi connectivity index (χ0v) is 14.0. The number of carbonyl (C=O) groups is 1. The van der Waals surface area contributed by atoms with E-state index in [-0.39, 0.29) is 23.0 Å². The first-order valence-electron chi connectivity index (χ1n) is 7.97. The summed E-state index contributed by atoms with van der Waals surface area (Å²) in [6.07, 6.45) is 3.48. The number of nitrogens with zero attached hydrogens (tertiary/aromatic N) is 3. The van der Waals surface area contributed by atoms with E-state index in [0.717, 1.165) is 12.6 Å². The molecule has 25 heavy (non-hydrogen) atoms. The predicted octanol–water partition coefficient (Wildman–Crippen LogP) is 2.86. The van der Waals surface area contributed by atoms with Gasteiger partial charge in [0, 0.05) is 29.1 Å². The predicted molar refractivity (Wildman–Crippen MR) is 94.5 cm³/mol. The van der Waals surface area contributed by atoms with Crippen LogP contribution in [-0.2, 0) is 0 Å². The van der Waals surface area contributed by atoms with Gasteiger partial charge in [0.15, 0.2) is 11.5 Å². The minimum atomic E-state index is -0.526. The molecule has 0 atom stereocenters. The summed E-state index contributed by atoms with van der Waals surface area (Å²) in [6.45, 7) is 4.20. The molecule has 0 aliphatic heterocycles. The smallest absolute Gasteiger partial charge is 0.272 e.